The first-order valence-corrected chi connectivity index (χ1v) is 10.7. The predicted molar refractivity (Wildman–Crippen MR) is 122 cm³/mol. The highest BCUT2D eigenvalue weighted by atomic mass is 19.1. The van der Waals surface area contributed by atoms with Crippen LogP contribution in [0, 0.1) is 5.82 Å². The molecule has 0 radical (unpaired) electrons. The molecule has 2 aromatic carbocycles. The van der Waals surface area contributed by atoms with E-state index in [2.05, 4.69) is 5.32 Å². The van der Waals surface area contributed by atoms with E-state index in [4.69, 9.17) is 14.2 Å². The summed E-state index contributed by atoms with van der Waals surface area (Å²) in [7, 11) is 1.59. The van der Waals surface area contributed by atoms with Gasteiger partial charge in [0, 0.05) is 19.2 Å². The highest BCUT2D eigenvalue weighted by Crippen LogP contribution is 2.28. The second kappa shape index (κ2) is 10.4. The van der Waals surface area contributed by atoms with Gasteiger partial charge < -0.3 is 24.4 Å². The molecule has 0 unspecified atom stereocenters. The van der Waals surface area contributed by atoms with Crippen molar-refractivity contribution in [3.63, 3.8) is 0 Å². The lowest BCUT2D eigenvalue weighted by atomic mass is 10.2. The van der Waals surface area contributed by atoms with Crippen molar-refractivity contribution in [2.24, 2.45) is 0 Å². The summed E-state index contributed by atoms with van der Waals surface area (Å²) in [6, 6.07) is 12.0. The molecule has 2 saturated heterocycles. The van der Waals surface area contributed by atoms with Crippen molar-refractivity contribution in [1.29, 1.82) is 0 Å². The summed E-state index contributed by atoms with van der Waals surface area (Å²) in [4.78, 5) is 27.7. The fraction of sp³-hybridized carbons (Fsp3) is 0.333. The van der Waals surface area contributed by atoms with Gasteiger partial charge in [-0.3, -0.25) is 9.69 Å². The maximum Gasteiger partial charge on any atom is 0.414 e. The first-order chi connectivity index (χ1) is 16.0. The molecule has 1 atom stereocenters. The molecule has 33 heavy (non-hydrogen) atoms. The van der Waals surface area contributed by atoms with E-state index in [0.29, 0.717) is 37.7 Å². The van der Waals surface area contributed by atoms with Crippen LogP contribution >= 0.6 is 0 Å². The standard InChI is InChI=1S/C24H26FN3O5/c1-31-19-6-2-17(3-7-19)4-9-23(29)26-15-20-16-28(24(30)33-20)18-5-8-22(21(25)14-18)27-10-12-32-13-11-27/h2-9,14,20H,10-13,15-16H2,1H3,(H,26,29)/b9-4+/t20-/m1/s1. The lowest BCUT2D eigenvalue weighted by molar-refractivity contribution is -0.116. The first kappa shape index (κ1) is 22.6. The van der Waals surface area contributed by atoms with Gasteiger partial charge in [0.25, 0.3) is 0 Å². The zero-order valence-corrected chi connectivity index (χ0v) is 18.3. The van der Waals surface area contributed by atoms with Crippen molar-refractivity contribution in [3.05, 3.63) is 59.9 Å². The number of rotatable bonds is 7. The van der Waals surface area contributed by atoms with E-state index >= 15 is 0 Å². The van der Waals surface area contributed by atoms with Crippen LogP contribution in [0.25, 0.3) is 6.08 Å². The van der Waals surface area contributed by atoms with Gasteiger partial charge in [-0.25, -0.2) is 9.18 Å². The Balaban J connectivity index is 1.30. The number of amides is 2. The second-order valence-electron chi connectivity index (χ2n) is 7.70. The van der Waals surface area contributed by atoms with E-state index < -0.39 is 18.0 Å². The molecular formula is C24H26FN3O5. The summed E-state index contributed by atoms with van der Waals surface area (Å²) < 4.78 is 30.4. The molecule has 1 N–H and O–H groups in total. The number of nitrogens with one attached hydrogen (secondary N) is 1. The molecule has 0 spiro atoms. The van der Waals surface area contributed by atoms with Crippen LogP contribution in [0.3, 0.4) is 0 Å². The molecule has 2 aromatic rings. The van der Waals surface area contributed by atoms with Gasteiger partial charge in [-0.15, -0.1) is 0 Å². The largest absolute Gasteiger partial charge is 0.497 e. The van der Waals surface area contributed by atoms with Crippen LogP contribution in [0.1, 0.15) is 5.56 Å². The Bertz CT molecular complexity index is 1020. The zero-order valence-electron chi connectivity index (χ0n) is 18.3. The number of carbonyl (C=O) groups excluding carboxylic acids is 2. The van der Waals surface area contributed by atoms with E-state index in [1.54, 1.807) is 37.5 Å². The Kier molecular flexibility index (Phi) is 7.09. The van der Waals surface area contributed by atoms with E-state index in [9.17, 15) is 14.0 Å². The van der Waals surface area contributed by atoms with Crippen LogP contribution in [0.5, 0.6) is 5.75 Å². The number of hydrogen-bond acceptors (Lipinski definition) is 6. The lowest BCUT2D eigenvalue weighted by Gasteiger charge is -2.29. The molecule has 2 heterocycles. The molecule has 174 valence electrons. The van der Waals surface area contributed by atoms with Crippen LogP contribution in [0.15, 0.2) is 48.5 Å². The van der Waals surface area contributed by atoms with Crippen molar-refractivity contribution in [1.82, 2.24) is 5.32 Å². The van der Waals surface area contributed by atoms with Gasteiger partial charge in [0.05, 0.1) is 44.8 Å². The topological polar surface area (TPSA) is 80.3 Å². The van der Waals surface area contributed by atoms with Crippen molar-refractivity contribution in [3.8, 4) is 5.75 Å². The summed E-state index contributed by atoms with van der Waals surface area (Å²) in [6.45, 7) is 2.73. The van der Waals surface area contributed by atoms with Gasteiger partial charge >= 0.3 is 6.09 Å². The van der Waals surface area contributed by atoms with Crippen molar-refractivity contribution < 1.29 is 28.2 Å². The highest BCUT2D eigenvalue weighted by molar-refractivity contribution is 5.92. The minimum absolute atomic E-state index is 0.155. The van der Waals surface area contributed by atoms with Crippen LogP contribution in [-0.2, 0) is 14.3 Å². The molecule has 0 aliphatic carbocycles. The third-order valence-corrected chi connectivity index (χ3v) is 5.52. The number of morpholine rings is 1. The SMILES string of the molecule is COc1ccc(/C=C/C(=O)NC[C@@H]2CN(c3ccc(N4CCOCC4)c(F)c3)C(=O)O2)cc1. The Morgan fingerprint density at radius 3 is 2.67 bits per heavy atom. The minimum atomic E-state index is -0.568. The van der Waals surface area contributed by atoms with Crippen LogP contribution in [0.4, 0.5) is 20.6 Å². The molecule has 0 saturated carbocycles. The lowest BCUT2D eigenvalue weighted by Crippen LogP contribution is -2.36. The Morgan fingerprint density at radius 2 is 1.97 bits per heavy atom. The van der Waals surface area contributed by atoms with Gasteiger partial charge in [0.2, 0.25) is 5.91 Å². The Hall–Kier alpha value is -3.59. The smallest absolute Gasteiger partial charge is 0.414 e. The summed E-state index contributed by atoms with van der Waals surface area (Å²) in [5.41, 5.74) is 1.76. The normalized spacial score (nSPS) is 18.5. The molecule has 2 fully saturated rings. The number of halogens is 1. The fourth-order valence-corrected chi connectivity index (χ4v) is 3.72. The first-order valence-electron chi connectivity index (χ1n) is 10.7. The zero-order chi connectivity index (χ0) is 23.2. The number of hydrogen-bond donors (Lipinski definition) is 1. The number of ether oxygens (including phenoxy) is 3. The average molecular weight is 455 g/mol. The van der Waals surface area contributed by atoms with Crippen LogP contribution in [-0.4, -0.2) is 64.6 Å². The number of carbonyl (C=O) groups is 2. The number of methoxy groups -OCH3 is 1. The maximum absolute atomic E-state index is 14.7. The molecule has 2 aliphatic rings. The molecule has 4 rings (SSSR count). The van der Waals surface area contributed by atoms with E-state index in [1.807, 2.05) is 17.0 Å². The Morgan fingerprint density at radius 1 is 1.21 bits per heavy atom. The predicted octanol–water partition coefficient (Wildman–Crippen LogP) is 2.83. The number of cyclic esters (lactones) is 1. The number of nitrogens with zero attached hydrogens (tertiary/aromatic N) is 2. The summed E-state index contributed by atoms with van der Waals surface area (Å²) >= 11 is 0. The van der Waals surface area contributed by atoms with Gasteiger partial charge in [-0.2, -0.15) is 0 Å². The average Bonchev–Trinajstić information content (AvgIpc) is 3.22. The second-order valence-corrected chi connectivity index (χ2v) is 7.70. The van der Waals surface area contributed by atoms with Gasteiger partial charge in [0.15, 0.2) is 0 Å². The Labute approximate surface area is 191 Å². The van der Waals surface area contributed by atoms with Crippen LogP contribution in [0.2, 0.25) is 0 Å². The molecule has 2 amide bonds. The number of anilines is 2. The van der Waals surface area contributed by atoms with Crippen molar-refractivity contribution >= 4 is 29.5 Å². The molecule has 2 aliphatic heterocycles. The highest BCUT2D eigenvalue weighted by Gasteiger charge is 2.33. The van der Waals surface area contributed by atoms with Gasteiger partial charge in [0.1, 0.15) is 17.7 Å². The third-order valence-electron chi connectivity index (χ3n) is 5.52. The quantitative estimate of drug-likeness (QED) is 0.647. The number of benzene rings is 2. The van der Waals surface area contributed by atoms with E-state index in [0.717, 1.165) is 11.3 Å². The third kappa shape index (κ3) is 5.61. The fourth-order valence-electron chi connectivity index (χ4n) is 3.72. The van der Waals surface area contributed by atoms with Gasteiger partial charge in [-0.1, -0.05) is 12.1 Å². The maximum atomic E-state index is 14.7. The molecular weight excluding hydrogens is 429 g/mol. The molecule has 0 aromatic heterocycles. The van der Waals surface area contributed by atoms with Crippen molar-refractivity contribution in [2.75, 3.05) is 56.3 Å². The monoisotopic (exact) mass is 455 g/mol. The van der Waals surface area contributed by atoms with Gasteiger partial charge in [-0.05, 0) is 42.0 Å². The van der Waals surface area contributed by atoms with E-state index in [1.165, 1.54) is 17.0 Å². The summed E-state index contributed by atoms with van der Waals surface area (Å²) in [5.74, 6) is 0.0312. The van der Waals surface area contributed by atoms with Crippen LogP contribution < -0.4 is 19.9 Å². The minimum Gasteiger partial charge on any atom is -0.497 e. The van der Waals surface area contributed by atoms with Crippen molar-refractivity contribution in [2.45, 2.75) is 6.10 Å². The van der Waals surface area contributed by atoms with E-state index in [-0.39, 0.29) is 19.0 Å². The molecule has 0 bridgehead atoms. The molecule has 9 heteroatoms. The summed E-state index contributed by atoms with van der Waals surface area (Å²) in [6.07, 6.45) is 2.00. The summed E-state index contributed by atoms with van der Waals surface area (Å²) in [5, 5.41) is 2.73. The molecule has 8 nitrogen and oxygen atoms in total.